The van der Waals surface area contributed by atoms with Crippen LogP contribution in [0.15, 0.2) is 24.7 Å². The molecule has 1 saturated heterocycles. The quantitative estimate of drug-likeness (QED) is 0.490. The Morgan fingerprint density at radius 3 is 2.79 bits per heavy atom. The number of rotatable bonds is 6. The van der Waals surface area contributed by atoms with Gasteiger partial charge < -0.3 is 29.8 Å². The molecule has 180 valence electrons. The number of ether oxygens (including phenoxy) is 3. The molecule has 0 radical (unpaired) electrons. The van der Waals surface area contributed by atoms with Gasteiger partial charge in [-0.1, -0.05) is 6.42 Å². The van der Waals surface area contributed by atoms with Crippen LogP contribution in [-0.2, 0) is 0 Å². The summed E-state index contributed by atoms with van der Waals surface area (Å²) in [5.41, 5.74) is 3.11. The molecule has 2 aromatic heterocycles. The minimum atomic E-state index is -0.128. The lowest BCUT2D eigenvalue weighted by Crippen LogP contribution is -2.42. The summed E-state index contributed by atoms with van der Waals surface area (Å²) in [6, 6.07) is 3.94. The number of fused-ring (bicyclic) bond motifs is 2. The molecule has 4 heterocycles. The summed E-state index contributed by atoms with van der Waals surface area (Å²) in [5.74, 6) is 2.42. The maximum atomic E-state index is 13.0. The number of hydrogen-bond donors (Lipinski definition) is 3. The number of nitrogens with one attached hydrogen (secondary N) is 3. The second-order valence-electron chi connectivity index (χ2n) is 8.93. The van der Waals surface area contributed by atoms with E-state index in [1.54, 1.807) is 6.20 Å². The summed E-state index contributed by atoms with van der Waals surface area (Å²) in [6.07, 6.45) is 8.69. The lowest BCUT2D eigenvalue weighted by molar-refractivity contribution is 0.0931. The highest BCUT2D eigenvalue weighted by Crippen LogP contribution is 2.48. The highest BCUT2D eigenvalue weighted by atomic mass is 35.5. The van der Waals surface area contributed by atoms with Gasteiger partial charge in [-0.2, -0.15) is 0 Å². The molecule has 1 aromatic carbocycles. The van der Waals surface area contributed by atoms with Gasteiger partial charge in [0.1, 0.15) is 23.3 Å². The molecule has 0 unspecified atom stereocenters. The molecule has 0 atom stereocenters. The zero-order chi connectivity index (χ0) is 22.2. The number of aromatic nitrogens is 3. The van der Waals surface area contributed by atoms with Crippen molar-refractivity contribution in [3.8, 4) is 28.5 Å². The Morgan fingerprint density at radius 1 is 1.15 bits per heavy atom. The number of amides is 1. The van der Waals surface area contributed by atoms with Crippen molar-refractivity contribution >= 4 is 29.3 Å². The fourth-order valence-corrected chi connectivity index (χ4v) is 4.70. The van der Waals surface area contributed by atoms with Gasteiger partial charge in [0.05, 0.1) is 23.3 Å². The largest absolute Gasteiger partial charge is 0.492 e. The van der Waals surface area contributed by atoms with Crippen LogP contribution in [-0.4, -0.2) is 53.4 Å². The van der Waals surface area contributed by atoms with Gasteiger partial charge in [-0.05, 0) is 56.8 Å². The van der Waals surface area contributed by atoms with Crippen molar-refractivity contribution in [2.45, 2.75) is 38.1 Å². The number of aromatic amines is 1. The van der Waals surface area contributed by atoms with E-state index in [0.717, 1.165) is 31.5 Å². The average Bonchev–Trinajstić information content (AvgIpc) is 3.45. The fraction of sp³-hybridized carbons (Fsp3) is 0.458. The molecule has 3 aromatic rings. The van der Waals surface area contributed by atoms with E-state index in [4.69, 9.17) is 14.2 Å². The number of halogens is 1. The maximum absolute atomic E-state index is 13.0. The van der Waals surface area contributed by atoms with Gasteiger partial charge in [0, 0.05) is 12.2 Å². The Hall–Kier alpha value is -3.04. The van der Waals surface area contributed by atoms with Crippen molar-refractivity contribution in [3.05, 3.63) is 30.2 Å². The molecular weight excluding hydrogens is 458 g/mol. The predicted molar refractivity (Wildman–Crippen MR) is 129 cm³/mol. The van der Waals surface area contributed by atoms with Crippen molar-refractivity contribution in [1.29, 1.82) is 0 Å². The van der Waals surface area contributed by atoms with Crippen molar-refractivity contribution in [1.82, 2.24) is 25.6 Å². The van der Waals surface area contributed by atoms with Gasteiger partial charge in [0.2, 0.25) is 6.79 Å². The lowest BCUT2D eigenvalue weighted by Gasteiger charge is -2.25. The zero-order valence-corrected chi connectivity index (χ0v) is 19.6. The van der Waals surface area contributed by atoms with E-state index >= 15 is 0 Å². The number of piperidine rings is 1. The van der Waals surface area contributed by atoms with E-state index in [-0.39, 0.29) is 31.1 Å². The molecular formula is C24H28ClN5O4. The van der Waals surface area contributed by atoms with E-state index in [1.165, 1.54) is 25.6 Å². The van der Waals surface area contributed by atoms with Crippen LogP contribution in [0.3, 0.4) is 0 Å². The zero-order valence-electron chi connectivity index (χ0n) is 18.8. The molecule has 1 saturated carbocycles. The molecule has 9 nitrogen and oxygen atoms in total. The molecule has 1 aliphatic carbocycles. The number of hydrogen-bond acceptors (Lipinski definition) is 7. The number of H-pyrrole nitrogens is 1. The highest BCUT2D eigenvalue weighted by molar-refractivity contribution is 6.08. The van der Waals surface area contributed by atoms with Crippen molar-refractivity contribution < 1.29 is 19.0 Å². The van der Waals surface area contributed by atoms with E-state index < -0.39 is 0 Å². The first-order valence-corrected chi connectivity index (χ1v) is 11.7. The molecule has 0 bridgehead atoms. The molecule has 2 aliphatic heterocycles. The van der Waals surface area contributed by atoms with Crippen LogP contribution in [0.1, 0.15) is 42.5 Å². The Kier molecular flexibility index (Phi) is 6.47. The normalized spacial score (nSPS) is 17.8. The lowest BCUT2D eigenvalue weighted by atomic mass is 9.86. The summed E-state index contributed by atoms with van der Waals surface area (Å²) in [5, 5.41) is 6.46. The van der Waals surface area contributed by atoms with E-state index in [1.807, 2.05) is 12.1 Å². The van der Waals surface area contributed by atoms with Gasteiger partial charge in [0.15, 0.2) is 11.5 Å². The average molecular weight is 486 g/mol. The van der Waals surface area contributed by atoms with Crippen molar-refractivity contribution in [3.63, 3.8) is 0 Å². The topological polar surface area (TPSA) is 110 Å². The van der Waals surface area contributed by atoms with Crippen molar-refractivity contribution in [2.24, 2.45) is 5.92 Å². The summed E-state index contributed by atoms with van der Waals surface area (Å²) in [4.78, 5) is 25.3. The third-order valence-electron chi connectivity index (χ3n) is 6.82. The summed E-state index contributed by atoms with van der Waals surface area (Å²) >= 11 is 0. The van der Waals surface area contributed by atoms with Gasteiger partial charge >= 0.3 is 0 Å². The third-order valence-corrected chi connectivity index (χ3v) is 6.82. The molecule has 2 fully saturated rings. The third kappa shape index (κ3) is 4.14. The van der Waals surface area contributed by atoms with E-state index in [0.29, 0.717) is 52.1 Å². The second-order valence-corrected chi connectivity index (χ2v) is 8.93. The molecule has 1 amide bonds. The monoisotopic (exact) mass is 485 g/mol. The van der Waals surface area contributed by atoms with Gasteiger partial charge in [-0.3, -0.25) is 4.79 Å². The van der Waals surface area contributed by atoms with Crippen LogP contribution in [0.2, 0.25) is 0 Å². The van der Waals surface area contributed by atoms with Crippen LogP contribution in [0.25, 0.3) is 22.3 Å². The number of nitrogens with zero attached hydrogens (tertiary/aromatic N) is 2. The van der Waals surface area contributed by atoms with Crippen LogP contribution < -0.4 is 24.8 Å². The van der Waals surface area contributed by atoms with E-state index in [2.05, 4.69) is 25.6 Å². The summed E-state index contributed by atoms with van der Waals surface area (Å²) < 4.78 is 17.7. The van der Waals surface area contributed by atoms with Gasteiger partial charge in [-0.15, -0.1) is 12.4 Å². The Bertz CT molecular complexity index is 1190. The van der Waals surface area contributed by atoms with E-state index in [9.17, 15) is 4.79 Å². The van der Waals surface area contributed by atoms with Crippen LogP contribution in [0, 0.1) is 5.92 Å². The summed E-state index contributed by atoms with van der Waals surface area (Å²) in [7, 11) is 0. The highest BCUT2D eigenvalue weighted by Gasteiger charge is 2.28. The Labute approximate surface area is 203 Å². The number of carbonyl (C=O) groups is 1. The summed E-state index contributed by atoms with van der Waals surface area (Å²) in [6.45, 7) is 2.64. The first-order valence-electron chi connectivity index (χ1n) is 11.7. The molecule has 10 heteroatoms. The number of carbonyl (C=O) groups excluding carboxylic acids is 1. The van der Waals surface area contributed by atoms with Crippen molar-refractivity contribution in [2.75, 3.05) is 26.5 Å². The Morgan fingerprint density at radius 2 is 2.00 bits per heavy atom. The minimum Gasteiger partial charge on any atom is -0.492 e. The van der Waals surface area contributed by atoms with Crippen LogP contribution in [0.4, 0.5) is 0 Å². The first kappa shape index (κ1) is 22.7. The van der Waals surface area contributed by atoms with Gasteiger partial charge in [-0.25, -0.2) is 9.97 Å². The predicted octanol–water partition coefficient (Wildman–Crippen LogP) is 3.44. The maximum Gasteiger partial charge on any atom is 0.255 e. The molecule has 3 aliphatic rings. The minimum absolute atomic E-state index is 0. The van der Waals surface area contributed by atoms with Crippen LogP contribution >= 0.6 is 12.4 Å². The molecule has 3 N–H and O–H groups in total. The smallest absolute Gasteiger partial charge is 0.255 e. The van der Waals surface area contributed by atoms with Gasteiger partial charge in [0.25, 0.3) is 5.91 Å². The SMILES string of the molecule is Cl.O=C(NC1CCNCC1)c1c[nH]c2c(-c3c(OCC4CCC4)ccc4c3OCO4)ncnc12. The standard InChI is InChI=1S/C24H27N5O4.ClH/c30-24(29-15-6-8-25-9-7-15)16-10-26-22-20(16)27-12-28-21(22)19-17(31-11-14-2-1-3-14)4-5-18-23(19)33-13-32-18;/h4-5,10,12,14-15,25-26H,1-3,6-9,11,13H2,(H,29,30);1H. The molecule has 0 spiro atoms. The van der Waals surface area contributed by atoms with Crippen LogP contribution in [0.5, 0.6) is 17.2 Å². The fourth-order valence-electron chi connectivity index (χ4n) is 4.70. The number of benzene rings is 1. The molecule has 6 rings (SSSR count). The first-order chi connectivity index (χ1) is 16.3. The Balaban J connectivity index is 0.00000241. The second kappa shape index (κ2) is 9.68. The molecule has 34 heavy (non-hydrogen) atoms.